The molecule has 0 aromatic rings. The monoisotopic (exact) mass is 187 g/mol. The summed E-state index contributed by atoms with van der Waals surface area (Å²) in [5.74, 6) is 1.80. The highest BCUT2D eigenvalue weighted by molar-refractivity contribution is 6.32. The van der Waals surface area contributed by atoms with Crippen molar-refractivity contribution in [1.82, 2.24) is 0 Å². The molecule has 0 heterocycles. The minimum absolute atomic E-state index is 0.0213. The fraction of sp³-hybridized carbons (Fsp3) is 0.333. The van der Waals surface area contributed by atoms with Crippen molar-refractivity contribution in [2.75, 3.05) is 0 Å². The lowest BCUT2D eigenvalue weighted by Gasteiger charge is -2.01. The Labute approximate surface area is 77.1 Å². The first-order chi connectivity index (χ1) is 5.54. The Bertz CT molecular complexity index is 271. The van der Waals surface area contributed by atoms with E-state index in [0.29, 0.717) is 5.57 Å². The van der Waals surface area contributed by atoms with Gasteiger partial charge in [-0.05, 0) is 13.3 Å². The van der Waals surface area contributed by atoms with E-state index >= 15 is 0 Å². The van der Waals surface area contributed by atoms with Gasteiger partial charge in [0.1, 0.15) is 5.83 Å². The van der Waals surface area contributed by atoms with E-state index in [2.05, 4.69) is 5.92 Å². The maximum Gasteiger partial charge on any atom is 0.119 e. The molecular weight excluding hydrogens is 177 g/mol. The van der Waals surface area contributed by atoms with Crippen molar-refractivity contribution >= 4 is 11.6 Å². The van der Waals surface area contributed by atoms with Crippen molar-refractivity contribution in [3.05, 3.63) is 22.1 Å². The predicted molar refractivity (Wildman–Crippen MR) is 50.0 cm³/mol. The van der Waals surface area contributed by atoms with Crippen LogP contribution in [0.4, 0.5) is 4.39 Å². The van der Waals surface area contributed by atoms with Gasteiger partial charge in [0.25, 0.3) is 0 Å². The molecule has 0 aliphatic heterocycles. The number of allylic oxidation sites excluding steroid dienone is 4. The van der Waals surface area contributed by atoms with Crippen LogP contribution in [0.1, 0.15) is 20.3 Å². The normalized spacial score (nSPS) is 14.6. The van der Waals surface area contributed by atoms with Gasteiger partial charge in [0.05, 0.1) is 10.7 Å². The SMILES string of the molecule is C#C/C(N)=C(C)\C(Cl)=C(\F)CC. The van der Waals surface area contributed by atoms with Crippen molar-refractivity contribution in [2.24, 2.45) is 5.73 Å². The fourth-order valence-corrected chi connectivity index (χ4v) is 0.821. The lowest BCUT2D eigenvalue weighted by Crippen LogP contribution is -1.98. The second kappa shape index (κ2) is 4.84. The third-order valence-electron chi connectivity index (χ3n) is 1.44. The molecule has 0 atom stereocenters. The second-order valence-electron chi connectivity index (χ2n) is 2.26. The average molecular weight is 188 g/mol. The van der Waals surface area contributed by atoms with Gasteiger partial charge in [-0.1, -0.05) is 24.4 Å². The minimum atomic E-state index is -0.396. The molecule has 0 aliphatic rings. The first kappa shape index (κ1) is 11.1. The Morgan fingerprint density at radius 3 is 2.50 bits per heavy atom. The summed E-state index contributed by atoms with van der Waals surface area (Å²) in [7, 11) is 0. The van der Waals surface area contributed by atoms with Crippen molar-refractivity contribution < 1.29 is 4.39 Å². The standard InChI is InChI=1S/C9H11ClFN/c1-4-7(11)9(10)6(3)8(12)5-2/h2H,4,12H2,1,3H3/b8-6+,9-7-. The number of halogens is 2. The van der Waals surface area contributed by atoms with Gasteiger partial charge >= 0.3 is 0 Å². The number of rotatable bonds is 2. The molecule has 1 nitrogen and oxygen atoms in total. The third-order valence-corrected chi connectivity index (χ3v) is 1.93. The Kier molecular flexibility index (Phi) is 4.46. The van der Waals surface area contributed by atoms with E-state index in [-0.39, 0.29) is 17.2 Å². The van der Waals surface area contributed by atoms with Crippen LogP contribution in [0.15, 0.2) is 22.1 Å². The number of hydrogen-bond donors (Lipinski definition) is 1. The summed E-state index contributed by atoms with van der Waals surface area (Å²) >= 11 is 5.63. The van der Waals surface area contributed by atoms with Crippen LogP contribution in [-0.2, 0) is 0 Å². The van der Waals surface area contributed by atoms with Crippen LogP contribution < -0.4 is 5.73 Å². The van der Waals surface area contributed by atoms with E-state index in [0.717, 1.165) is 0 Å². The van der Waals surface area contributed by atoms with Crippen LogP contribution in [0.2, 0.25) is 0 Å². The molecule has 66 valence electrons. The van der Waals surface area contributed by atoms with E-state index in [1.54, 1.807) is 13.8 Å². The highest BCUT2D eigenvalue weighted by Crippen LogP contribution is 2.22. The molecule has 0 aromatic carbocycles. The summed E-state index contributed by atoms with van der Waals surface area (Å²) in [6.07, 6.45) is 5.26. The van der Waals surface area contributed by atoms with Crippen LogP contribution in [-0.4, -0.2) is 0 Å². The summed E-state index contributed by atoms with van der Waals surface area (Å²) in [6, 6.07) is 0. The van der Waals surface area contributed by atoms with E-state index < -0.39 is 5.83 Å². The van der Waals surface area contributed by atoms with Gasteiger partial charge < -0.3 is 5.73 Å². The van der Waals surface area contributed by atoms with E-state index in [1.165, 1.54) is 0 Å². The zero-order chi connectivity index (χ0) is 9.72. The highest BCUT2D eigenvalue weighted by Gasteiger charge is 2.06. The van der Waals surface area contributed by atoms with Crippen molar-refractivity contribution in [3.8, 4) is 12.3 Å². The molecule has 0 bridgehead atoms. The van der Waals surface area contributed by atoms with Gasteiger partial charge in [-0.25, -0.2) is 4.39 Å². The molecule has 3 heteroatoms. The third kappa shape index (κ3) is 2.60. The van der Waals surface area contributed by atoms with Gasteiger partial charge in [-0.3, -0.25) is 0 Å². The Hall–Kier alpha value is -0.940. The first-order valence-corrected chi connectivity index (χ1v) is 3.89. The van der Waals surface area contributed by atoms with Gasteiger partial charge in [0, 0.05) is 5.57 Å². The molecule has 2 N–H and O–H groups in total. The minimum Gasteiger partial charge on any atom is -0.392 e. The average Bonchev–Trinajstić information content (AvgIpc) is 2.12. The predicted octanol–water partition coefficient (Wildman–Crippen LogP) is 2.68. The van der Waals surface area contributed by atoms with Crippen molar-refractivity contribution in [2.45, 2.75) is 20.3 Å². The zero-order valence-electron chi connectivity index (χ0n) is 7.12. The number of nitrogens with two attached hydrogens (primary N) is 1. The molecule has 0 unspecified atom stereocenters. The Morgan fingerprint density at radius 2 is 2.17 bits per heavy atom. The first-order valence-electron chi connectivity index (χ1n) is 3.52. The Morgan fingerprint density at radius 1 is 1.67 bits per heavy atom. The molecule has 0 aromatic heterocycles. The topological polar surface area (TPSA) is 26.0 Å². The molecular formula is C9H11ClFN. The molecule has 0 amide bonds. The van der Waals surface area contributed by atoms with Crippen LogP contribution in [0.5, 0.6) is 0 Å². The van der Waals surface area contributed by atoms with Crippen LogP contribution >= 0.6 is 11.6 Å². The van der Waals surface area contributed by atoms with E-state index in [4.69, 9.17) is 23.8 Å². The van der Waals surface area contributed by atoms with Crippen LogP contribution in [0, 0.1) is 12.3 Å². The lowest BCUT2D eigenvalue weighted by molar-refractivity contribution is 0.600. The van der Waals surface area contributed by atoms with E-state index in [1.807, 2.05) is 0 Å². The molecule has 0 spiro atoms. The van der Waals surface area contributed by atoms with Gasteiger partial charge in [0.15, 0.2) is 0 Å². The summed E-state index contributed by atoms with van der Waals surface area (Å²) < 4.78 is 12.9. The highest BCUT2D eigenvalue weighted by atomic mass is 35.5. The van der Waals surface area contributed by atoms with Crippen molar-refractivity contribution in [3.63, 3.8) is 0 Å². The maximum atomic E-state index is 12.9. The smallest absolute Gasteiger partial charge is 0.119 e. The quantitative estimate of drug-likeness (QED) is 0.522. The molecule has 0 aliphatic carbocycles. The summed E-state index contributed by atoms with van der Waals surface area (Å²) in [5.41, 5.74) is 5.95. The molecule has 0 fully saturated rings. The lowest BCUT2D eigenvalue weighted by atomic mass is 10.2. The zero-order valence-corrected chi connectivity index (χ0v) is 7.87. The van der Waals surface area contributed by atoms with E-state index in [9.17, 15) is 4.39 Å². The Balaban J connectivity index is 4.99. The molecule has 0 radical (unpaired) electrons. The van der Waals surface area contributed by atoms with Gasteiger partial charge in [-0.15, -0.1) is 6.42 Å². The van der Waals surface area contributed by atoms with Crippen LogP contribution in [0.25, 0.3) is 0 Å². The molecule has 0 rings (SSSR count). The number of terminal acetylenes is 1. The maximum absolute atomic E-state index is 12.9. The van der Waals surface area contributed by atoms with Gasteiger partial charge in [0.2, 0.25) is 0 Å². The second-order valence-corrected chi connectivity index (χ2v) is 2.63. The van der Waals surface area contributed by atoms with Crippen molar-refractivity contribution in [1.29, 1.82) is 0 Å². The largest absolute Gasteiger partial charge is 0.392 e. The molecule has 0 saturated carbocycles. The fourth-order valence-electron chi connectivity index (χ4n) is 0.585. The molecule has 12 heavy (non-hydrogen) atoms. The number of hydrogen-bond acceptors (Lipinski definition) is 1. The molecule has 0 saturated heterocycles. The van der Waals surface area contributed by atoms with Gasteiger partial charge in [-0.2, -0.15) is 0 Å². The summed E-state index contributed by atoms with van der Waals surface area (Å²) in [6.45, 7) is 3.25. The summed E-state index contributed by atoms with van der Waals surface area (Å²) in [4.78, 5) is 0. The summed E-state index contributed by atoms with van der Waals surface area (Å²) in [5, 5.41) is 0.0213. The van der Waals surface area contributed by atoms with Crippen LogP contribution in [0.3, 0.4) is 0 Å².